The lowest BCUT2D eigenvalue weighted by molar-refractivity contribution is -0.138. The molecule has 2 aromatic rings. The molecule has 2 aliphatic rings. The van der Waals surface area contributed by atoms with E-state index in [-0.39, 0.29) is 31.3 Å². The maximum Gasteiger partial charge on any atom is 0.416 e. The van der Waals surface area contributed by atoms with Crippen molar-refractivity contribution >= 4 is 21.8 Å². The summed E-state index contributed by atoms with van der Waals surface area (Å²) < 4.78 is 67.7. The minimum absolute atomic E-state index is 0.0304. The number of carbonyl (C=O) groups excluding carboxylic acids is 2. The second kappa shape index (κ2) is 10.4. The van der Waals surface area contributed by atoms with Crippen molar-refractivity contribution in [3.8, 4) is 0 Å². The Labute approximate surface area is 212 Å². The number of amides is 2. The average Bonchev–Trinajstić information content (AvgIpc) is 2.84. The third-order valence-corrected chi connectivity index (χ3v) is 8.73. The Balaban J connectivity index is 1.56. The van der Waals surface area contributed by atoms with Gasteiger partial charge in [-0.05, 0) is 60.6 Å². The Kier molecular flexibility index (Phi) is 7.63. The van der Waals surface area contributed by atoms with Crippen molar-refractivity contribution in [1.29, 1.82) is 0 Å². The number of alkyl halides is 3. The number of aryl methyl sites for hydroxylation is 2. The van der Waals surface area contributed by atoms with Crippen LogP contribution in [0.4, 0.5) is 13.2 Å². The summed E-state index contributed by atoms with van der Waals surface area (Å²) >= 11 is 0. The second-order valence-electron chi connectivity index (χ2n) is 9.30. The number of sulfonamides is 1. The van der Waals surface area contributed by atoms with Crippen molar-refractivity contribution in [3.05, 3.63) is 64.2 Å². The van der Waals surface area contributed by atoms with E-state index in [1.54, 1.807) is 6.07 Å². The van der Waals surface area contributed by atoms with Gasteiger partial charge >= 0.3 is 6.18 Å². The quantitative estimate of drug-likeness (QED) is 0.522. The number of halogens is 3. The van der Waals surface area contributed by atoms with Gasteiger partial charge in [-0.2, -0.15) is 17.5 Å². The number of aliphatic hydroxyl groups is 1. The Morgan fingerprint density at radius 1 is 1.22 bits per heavy atom. The molecule has 0 radical (unpaired) electrons. The van der Waals surface area contributed by atoms with Crippen molar-refractivity contribution in [3.63, 3.8) is 0 Å². The van der Waals surface area contributed by atoms with Crippen molar-refractivity contribution in [2.45, 2.75) is 62.4 Å². The number of hydrogen-bond donors (Lipinski definition) is 3. The van der Waals surface area contributed by atoms with Crippen LogP contribution in [0.5, 0.6) is 0 Å². The summed E-state index contributed by atoms with van der Waals surface area (Å²) in [5, 5.41) is 14.8. The fourth-order valence-electron chi connectivity index (χ4n) is 4.92. The van der Waals surface area contributed by atoms with E-state index < -0.39 is 50.9 Å². The molecule has 2 aromatic carbocycles. The standard InChI is InChI=1S/C25H28F3N3O5S/c1-15-5-7-18(12-20(15)25(26,27)28)37(35,36)31-10-9-29-24(34)22(31)13-23(33)30-21-4-2-3-17-11-16(14-32)6-8-19(17)21/h5-8,11-12,21-22,32H,2-4,9-10,13-14H2,1H3,(H,29,34)(H,30,33)/t21-,22?/m1/s1. The zero-order valence-electron chi connectivity index (χ0n) is 20.1. The highest BCUT2D eigenvalue weighted by molar-refractivity contribution is 7.89. The monoisotopic (exact) mass is 539 g/mol. The Hall–Kier alpha value is -2.96. The molecule has 1 aliphatic heterocycles. The van der Waals surface area contributed by atoms with E-state index in [0.717, 1.165) is 46.0 Å². The summed E-state index contributed by atoms with van der Waals surface area (Å²) in [6.45, 7) is 0.917. The van der Waals surface area contributed by atoms with E-state index in [0.29, 0.717) is 12.5 Å². The molecule has 8 nitrogen and oxygen atoms in total. The molecule has 3 N–H and O–H groups in total. The molecule has 0 bridgehead atoms. The van der Waals surface area contributed by atoms with Crippen LogP contribution in [-0.2, 0) is 38.8 Å². The largest absolute Gasteiger partial charge is 0.416 e. The average molecular weight is 540 g/mol. The number of hydrogen-bond acceptors (Lipinski definition) is 5. The third-order valence-electron chi connectivity index (χ3n) is 6.82. The van der Waals surface area contributed by atoms with Crippen molar-refractivity contribution < 1.29 is 36.3 Å². The van der Waals surface area contributed by atoms with Crippen LogP contribution < -0.4 is 10.6 Å². The van der Waals surface area contributed by atoms with Crippen LogP contribution in [0, 0.1) is 6.92 Å². The van der Waals surface area contributed by atoms with E-state index >= 15 is 0 Å². The molecule has 1 aliphatic carbocycles. The number of aliphatic hydroxyl groups excluding tert-OH is 1. The van der Waals surface area contributed by atoms with Crippen LogP contribution in [0.1, 0.15) is 53.1 Å². The first-order valence-electron chi connectivity index (χ1n) is 11.9. The molecule has 2 amide bonds. The summed E-state index contributed by atoms with van der Waals surface area (Å²) in [4.78, 5) is 25.1. The summed E-state index contributed by atoms with van der Waals surface area (Å²) in [6, 6.07) is 6.45. The molecule has 1 saturated heterocycles. The van der Waals surface area contributed by atoms with E-state index in [1.807, 2.05) is 12.1 Å². The van der Waals surface area contributed by atoms with Gasteiger partial charge in [0.15, 0.2) is 0 Å². The topological polar surface area (TPSA) is 116 Å². The van der Waals surface area contributed by atoms with Crippen LogP contribution in [0.3, 0.4) is 0 Å². The first-order chi connectivity index (χ1) is 17.4. The van der Waals surface area contributed by atoms with Gasteiger partial charge in [-0.15, -0.1) is 0 Å². The van der Waals surface area contributed by atoms with Gasteiger partial charge < -0.3 is 15.7 Å². The van der Waals surface area contributed by atoms with Gasteiger partial charge in [0.1, 0.15) is 6.04 Å². The predicted molar refractivity (Wildman–Crippen MR) is 128 cm³/mol. The van der Waals surface area contributed by atoms with Crippen LogP contribution in [0.2, 0.25) is 0 Å². The van der Waals surface area contributed by atoms with Crippen LogP contribution in [0.15, 0.2) is 41.3 Å². The fourth-order valence-corrected chi connectivity index (χ4v) is 6.54. The van der Waals surface area contributed by atoms with Crippen LogP contribution >= 0.6 is 0 Å². The van der Waals surface area contributed by atoms with Gasteiger partial charge in [0.25, 0.3) is 0 Å². The number of benzene rings is 2. The zero-order chi connectivity index (χ0) is 27.0. The summed E-state index contributed by atoms with van der Waals surface area (Å²) in [5.41, 5.74) is 1.45. The second-order valence-corrected chi connectivity index (χ2v) is 11.2. The molecule has 0 spiro atoms. The van der Waals surface area contributed by atoms with Crippen LogP contribution in [0.25, 0.3) is 0 Å². The van der Waals surface area contributed by atoms with Crippen molar-refractivity contribution in [1.82, 2.24) is 14.9 Å². The number of rotatable bonds is 6. The van der Waals surface area contributed by atoms with Gasteiger partial charge in [0.05, 0.1) is 29.5 Å². The Morgan fingerprint density at radius 3 is 2.68 bits per heavy atom. The molecule has 200 valence electrons. The highest BCUT2D eigenvalue weighted by Gasteiger charge is 2.41. The molecular weight excluding hydrogens is 511 g/mol. The molecule has 1 fully saturated rings. The molecule has 1 heterocycles. The maximum atomic E-state index is 13.4. The van der Waals surface area contributed by atoms with Crippen LogP contribution in [-0.4, -0.2) is 48.8 Å². The predicted octanol–water partition coefficient (Wildman–Crippen LogP) is 2.58. The summed E-state index contributed by atoms with van der Waals surface area (Å²) in [5.74, 6) is -1.24. The molecule has 0 saturated carbocycles. The molecular formula is C25H28F3N3O5S. The van der Waals surface area contributed by atoms with Crippen molar-refractivity contribution in [2.24, 2.45) is 0 Å². The number of nitrogens with one attached hydrogen (secondary N) is 2. The lowest BCUT2D eigenvalue weighted by atomic mass is 9.86. The maximum absolute atomic E-state index is 13.4. The Bertz CT molecular complexity index is 1310. The van der Waals surface area contributed by atoms with Gasteiger partial charge in [-0.3, -0.25) is 9.59 Å². The molecule has 4 rings (SSSR count). The van der Waals surface area contributed by atoms with E-state index in [4.69, 9.17) is 0 Å². The number of fused-ring (bicyclic) bond motifs is 1. The normalized spacial score (nSPS) is 20.7. The number of piperazine rings is 1. The van der Waals surface area contributed by atoms with Crippen molar-refractivity contribution in [2.75, 3.05) is 13.1 Å². The number of nitrogens with zero attached hydrogens (tertiary/aromatic N) is 1. The number of carbonyl (C=O) groups is 2. The minimum atomic E-state index is -4.75. The van der Waals surface area contributed by atoms with E-state index in [2.05, 4.69) is 10.6 Å². The fraction of sp³-hybridized carbons (Fsp3) is 0.440. The van der Waals surface area contributed by atoms with Gasteiger partial charge in [0, 0.05) is 13.1 Å². The van der Waals surface area contributed by atoms with Gasteiger partial charge in [0.2, 0.25) is 21.8 Å². The van der Waals surface area contributed by atoms with Gasteiger partial charge in [-0.1, -0.05) is 24.3 Å². The highest BCUT2D eigenvalue weighted by atomic mass is 32.2. The first-order valence-corrected chi connectivity index (χ1v) is 13.3. The molecule has 0 aromatic heterocycles. The molecule has 37 heavy (non-hydrogen) atoms. The summed E-state index contributed by atoms with van der Waals surface area (Å²) in [6.07, 6.45) is -2.99. The third kappa shape index (κ3) is 5.65. The van der Waals surface area contributed by atoms with E-state index in [9.17, 15) is 36.3 Å². The lowest BCUT2D eigenvalue weighted by Crippen LogP contribution is -2.58. The highest BCUT2D eigenvalue weighted by Crippen LogP contribution is 2.35. The molecule has 12 heteroatoms. The SMILES string of the molecule is Cc1ccc(S(=O)(=O)N2CCNC(=O)C2CC(=O)N[C@@H]2CCCc3cc(CO)ccc32)cc1C(F)(F)F. The first kappa shape index (κ1) is 27.1. The summed E-state index contributed by atoms with van der Waals surface area (Å²) in [7, 11) is -4.51. The smallest absolute Gasteiger partial charge is 0.392 e. The molecule has 2 atom stereocenters. The minimum Gasteiger partial charge on any atom is -0.392 e. The van der Waals surface area contributed by atoms with Gasteiger partial charge in [-0.25, -0.2) is 8.42 Å². The lowest BCUT2D eigenvalue weighted by Gasteiger charge is -2.34. The van der Waals surface area contributed by atoms with E-state index in [1.165, 1.54) is 6.92 Å². The zero-order valence-corrected chi connectivity index (χ0v) is 21.0. The Morgan fingerprint density at radius 2 is 1.97 bits per heavy atom. The molecule has 1 unspecified atom stereocenters.